The fourth-order valence-corrected chi connectivity index (χ4v) is 2.49. The second-order valence-corrected chi connectivity index (χ2v) is 6.73. The van der Waals surface area contributed by atoms with E-state index in [9.17, 15) is 9.59 Å². The standard InChI is InChI=1S/C16H31N5O2.HI/c1-5-19-15(20-11-16(2,3)14(17)23)21-8-6-12(7-9-21)10-13(22)18-4;/h12H,5-11H2,1-4H3,(H2,17,23)(H,18,22)(H,19,20);1H. The van der Waals surface area contributed by atoms with Gasteiger partial charge in [-0.2, -0.15) is 0 Å². The van der Waals surface area contributed by atoms with Crippen molar-refractivity contribution in [2.75, 3.05) is 33.2 Å². The summed E-state index contributed by atoms with van der Waals surface area (Å²) in [6.07, 6.45) is 2.53. The first-order chi connectivity index (χ1) is 10.8. The molecule has 1 heterocycles. The molecule has 0 radical (unpaired) electrons. The molecule has 8 heteroatoms. The van der Waals surface area contributed by atoms with Gasteiger partial charge in [-0.3, -0.25) is 14.6 Å². The molecule has 0 unspecified atom stereocenters. The number of hydrogen-bond acceptors (Lipinski definition) is 3. The van der Waals surface area contributed by atoms with Crippen molar-refractivity contribution in [1.29, 1.82) is 0 Å². The van der Waals surface area contributed by atoms with Crippen molar-refractivity contribution >= 4 is 41.8 Å². The van der Waals surface area contributed by atoms with Crippen molar-refractivity contribution in [2.45, 2.75) is 40.0 Å². The first-order valence-corrected chi connectivity index (χ1v) is 8.34. The van der Waals surface area contributed by atoms with Gasteiger partial charge in [0.2, 0.25) is 11.8 Å². The first-order valence-electron chi connectivity index (χ1n) is 8.34. The lowest BCUT2D eigenvalue weighted by Crippen LogP contribution is -2.46. The van der Waals surface area contributed by atoms with Gasteiger partial charge in [-0.25, -0.2) is 0 Å². The average Bonchev–Trinajstić information content (AvgIpc) is 2.52. The third-order valence-electron chi connectivity index (χ3n) is 4.29. The summed E-state index contributed by atoms with van der Waals surface area (Å²) in [6, 6.07) is 0. The summed E-state index contributed by atoms with van der Waals surface area (Å²) in [4.78, 5) is 29.7. The van der Waals surface area contributed by atoms with Gasteiger partial charge in [0.25, 0.3) is 0 Å². The van der Waals surface area contributed by atoms with Crippen molar-refractivity contribution < 1.29 is 9.59 Å². The molecule has 7 nitrogen and oxygen atoms in total. The number of amides is 2. The zero-order valence-electron chi connectivity index (χ0n) is 15.2. The molecule has 0 atom stereocenters. The molecule has 140 valence electrons. The lowest BCUT2D eigenvalue weighted by molar-refractivity contribution is -0.125. The number of nitrogens with one attached hydrogen (secondary N) is 2. The molecule has 0 bridgehead atoms. The van der Waals surface area contributed by atoms with Gasteiger partial charge in [0, 0.05) is 33.1 Å². The summed E-state index contributed by atoms with van der Waals surface area (Å²) in [7, 11) is 1.67. The van der Waals surface area contributed by atoms with Gasteiger partial charge in [-0.15, -0.1) is 24.0 Å². The molecular formula is C16H32IN5O2. The minimum atomic E-state index is -0.655. The number of nitrogens with two attached hydrogens (primary N) is 1. The molecule has 24 heavy (non-hydrogen) atoms. The smallest absolute Gasteiger partial charge is 0.224 e. The SMILES string of the molecule is CCNC(=NCC(C)(C)C(N)=O)N1CCC(CC(=O)NC)CC1.I. The maximum absolute atomic E-state index is 11.5. The molecular weight excluding hydrogens is 421 g/mol. The van der Waals surface area contributed by atoms with Crippen LogP contribution in [0.4, 0.5) is 0 Å². The van der Waals surface area contributed by atoms with Crippen LogP contribution in [0.1, 0.15) is 40.0 Å². The number of guanidine groups is 1. The van der Waals surface area contributed by atoms with E-state index in [1.807, 2.05) is 6.92 Å². The van der Waals surface area contributed by atoms with E-state index in [2.05, 4.69) is 20.5 Å². The Hall–Kier alpha value is -1.06. The second kappa shape index (κ2) is 10.7. The molecule has 1 aliphatic heterocycles. The number of carbonyl (C=O) groups is 2. The number of nitrogens with zero attached hydrogens (tertiary/aromatic N) is 2. The Bertz CT molecular complexity index is 446. The van der Waals surface area contributed by atoms with E-state index >= 15 is 0 Å². The number of piperidine rings is 1. The maximum Gasteiger partial charge on any atom is 0.224 e. The van der Waals surface area contributed by atoms with Crippen molar-refractivity contribution in [1.82, 2.24) is 15.5 Å². The second-order valence-electron chi connectivity index (χ2n) is 6.73. The number of aliphatic imine (C=N–C) groups is 1. The van der Waals surface area contributed by atoms with Crippen LogP contribution >= 0.6 is 24.0 Å². The van der Waals surface area contributed by atoms with E-state index < -0.39 is 5.41 Å². The average molecular weight is 453 g/mol. The van der Waals surface area contributed by atoms with Gasteiger partial charge in [0.05, 0.1) is 12.0 Å². The molecule has 0 aliphatic carbocycles. The normalized spacial score (nSPS) is 16.3. The summed E-state index contributed by atoms with van der Waals surface area (Å²) in [6.45, 7) is 8.49. The zero-order chi connectivity index (χ0) is 17.5. The summed E-state index contributed by atoms with van der Waals surface area (Å²) in [5.74, 6) is 1.00. The van der Waals surface area contributed by atoms with Crippen LogP contribution in [0.15, 0.2) is 4.99 Å². The molecule has 0 aromatic carbocycles. The lowest BCUT2D eigenvalue weighted by atomic mass is 9.93. The van der Waals surface area contributed by atoms with E-state index in [-0.39, 0.29) is 35.8 Å². The number of rotatable bonds is 6. The minimum Gasteiger partial charge on any atom is -0.369 e. The highest BCUT2D eigenvalue weighted by Gasteiger charge is 2.26. The quantitative estimate of drug-likeness (QED) is 0.317. The summed E-state index contributed by atoms with van der Waals surface area (Å²) < 4.78 is 0. The minimum absolute atomic E-state index is 0. The topological polar surface area (TPSA) is 99.8 Å². The maximum atomic E-state index is 11.5. The molecule has 1 saturated heterocycles. The van der Waals surface area contributed by atoms with Crippen molar-refractivity contribution in [3.8, 4) is 0 Å². The molecule has 1 rings (SSSR count). The van der Waals surface area contributed by atoms with Crippen LogP contribution < -0.4 is 16.4 Å². The number of hydrogen-bond donors (Lipinski definition) is 3. The number of likely N-dealkylation sites (tertiary alicyclic amines) is 1. The molecule has 0 spiro atoms. The Morgan fingerprint density at radius 2 is 1.88 bits per heavy atom. The summed E-state index contributed by atoms with van der Waals surface area (Å²) in [5.41, 5.74) is 4.75. The van der Waals surface area contributed by atoms with Crippen LogP contribution in [0.5, 0.6) is 0 Å². The third-order valence-corrected chi connectivity index (χ3v) is 4.29. The Morgan fingerprint density at radius 3 is 2.33 bits per heavy atom. The van der Waals surface area contributed by atoms with E-state index in [1.165, 1.54) is 0 Å². The van der Waals surface area contributed by atoms with E-state index in [4.69, 9.17) is 5.73 Å². The Morgan fingerprint density at radius 1 is 1.29 bits per heavy atom. The Labute approximate surface area is 162 Å². The van der Waals surface area contributed by atoms with Crippen LogP contribution in [0.3, 0.4) is 0 Å². The highest BCUT2D eigenvalue weighted by molar-refractivity contribution is 14.0. The van der Waals surface area contributed by atoms with Crippen LogP contribution in [0.25, 0.3) is 0 Å². The van der Waals surface area contributed by atoms with Crippen molar-refractivity contribution in [2.24, 2.45) is 22.1 Å². The van der Waals surface area contributed by atoms with Gasteiger partial charge in [0.15, 0.2) is 5.96 Å². The van der Waals surface area contributed by atoms with E-state index in [1.54, 1.807) is 20.9 Å². The Kier molecular flexibility index (Phi) is 10.3. The lowest BCUT2D eigenvalue weighted by Gasteiger charge is -2.34. The fourth-order valence-electron chi connectivity index (χ4n) is 2.49. The Balaban J connectivity index is 0.00000529. The van der Waals surface area contributed by atoms with Crippen LogP contribution in [-0.4, -0.2) is 55.9 Å². The number of primary amides is 1. The van der Waals surface area contributed by atoms with E-state index in [0.717, 1.165) is 38.4 Å². The monoisotopic (exact) mass is 453 g/mol. The van der Waals surface area contributed by atoms with Gasteiger partial charge < -0.3 is 21.3 Å². The number of carbonyl (C=O) groups excluding carboxylic acids is 2. The number of halogens is 1. The van der Waals surface area contributed by atoms with E-state index in [0.29, 0.717) is 18.9 Å². The molecule has 2 amide bonds. The van der Waals surface area contributed by atoms with Crippen LogP contribution in [0.2, 0.25) is 0 Å². The summed E-state index contributed by atoms with van der Waals surface area (Å²) in [5, 5.41) is 5.96. The molecule has 0 aromatic heterocycles. The third kappa shape index (κ3) is 7.23. The highest BCUT2D eigenvalue weighted by atomic mass is 127. The predicted octanol–water partition coefficient (Wildman–Crippen LogP) is 0.930. The highest BCUT2D eigenvalue weighted by Crippen LogP contribution is 2.21. The zero-order valence-corrected chi connectivity index (χ0v) is 17.6. The molecule has 1 aliphatic rings. The predicted molar refractivity (Wildman–Crippen MR) is 107 cm³/mol. The van der Waals surface area contributed by atoms with Gasteiger partial charge in [0.1, 0.15) is 0 Å². The summed E-state index contributed by atoms with van der Waals surface area (Å²) >= 11 is 0. The first kappa shape index (κ1) is 22.9. The van der Waals surface area contributed by atoms with Gasteiger partial charge in [-0.05, 0) is 39.5 Å². The molecule has 4 N–H and O–H groups in total. The molecule has 1 fully saturated rings. The van der Waals surface area contributed by atoms with Gasteiger partial charge >= 0.3 is 0 Å². The molecule has 0 aromatic rings. The van der Waals surface area contributed by atoms with Crippen molar-refractivity contribution in [3.05, 3.63) is 0 Å². The van der Waals surface area contributed by atoms with Crippen LogP contribution in [-0.2, 0) is 9.59 Å². The van der Waals surface area contributed by atoms with Crippen LogP contribution in [0, 0.1) is 11.3 Å². The fraction of sp³-hybridized carbons (Fsp3) is 0.812. The van der Waals surface area contributed by atoms with Gasteiger partial charge in [-0.1, -0.05) is 0 Å². The van der Waals surface area contributed by atoms with Crippen molar-refractivity contribution in [3.63, 3.8) is 0 Å². The largest absolute Gasteiger partial charge is 0.369 e. The molecule has 0 saturated carbocycles.